The summed E-state index contributed by atoms with van der Waals surface area (Å²) in [5.74, 6) is 2.43. The Morgan fingerprint density at radius 1 is 0.935 bits per heavy atom. The van der Waals surface area contributed by atoms with Crippen molar-refractivity contribution in [3.8, 4) is 17.2 Å². The van der Waals surface area contributed by atoms with Gasteiger partial charge in [-0.3, -0.25) is 4.79 Å². The standard InChI is InChI=1S/C24H32O6S/c1-24(2,15-23(25)30-12-11-29-16-18-9-7-6-8-10-18)31-17-20-21(27-4)13-19(26-3)14-22(20)28-5/h6-10,13-14H,11-12,15-17H2,1-5H3. The Bertz CT molecular complexity index is 797. The third kappa shape index (κ3) is 8.34. The third-order valence-corrected chi connectivity index (χ3v) is 5.96. The fraction of sp³-hybridized carbons (Fsp3) is 0.458. The van der Waals surface area contributed by atoms with E-state index < -0.39 is 0 Å². The van der Waals surface area contributed by atoms with Gasteiger partial charge in [0, 0.05) is 28.2 Å². The van der Waals surface area contributed by atoms with Crippen LogP contribution in [0.4, 0.5) is 0 Å². The second kappa shape index (κ2) is 12.5. The number of carbonyl (C=O) groups excluding carboxylic acids is 1. The van der Waals surface area contributed by atoms with Crippen LogP contribution < -0.4 is 14.2 Å². The van der Waals surface area contributed by atoms with Crippen molar-refractivity contribution < 1.29 is 28.5 Å². The van der Waals surface area contributed by atoms with E-state index in [2.05, 4.69) is 0 Å². The van der Waals surface area contributed by atoms with Crippen LogP contribution in [-0.2, 0) is 26.6 Å². The van der Waals surface area contributed by atoms with Crippen molar-refractivity contribution in [2.24, 2.45) is 0 Å². The molecule has 0 radical (unpaired) electrons. The highest BCUT2D eigenvalue weighted by Crippen LogP contribution is 2.40. The van der Waals surface area contributed by atoms with Crippen LogP contribution in [0.25, 0.3) is 0 Å². The van der Waals surface area contributed by atoms with Gasteiger partial charge in [-0.15, -0.1) is 0 Å². The molecule has 0 aromatic heterocycles. The topological polar surface area (TPSA) is 63.2 Å². The summed E-state index contributed by atoms with van der Waals surface area (Å²) >= 11 is 1.64. The number of hydrogen-bond acceptors (Lipinski definition) is 7. The van der Waals surface area contributed by atoms with Gasteiger partial charge >= 0.3 is 5.97 Å². The lowest BCUT2D eigenvalue weighted by molar-refractivity contribution is -0.145. The van der Waals surface area contributed by atoms with Crippen LogP contribution in [0.3, 0.4) is 0 Å². The van der Waals surface area contributed by atoms with Crippen LogP contribution in [0.15, 0.2) is 42.5 Å². The van der Waals surface area contributed by atoms with Gasteiger partial charge in [-0.25, -0.2) is 0 Å². The van der Waals surface area contributed by atoms with Crippen LogP contribution in [0.1, 0.15) is 31.4 Å². The molecule has 170 valence electrons. The zero-order valence-electron chi connectivity index (χ0n) is 18.9. The fourth-order valence-corrected chi connectivity index (χ4v) is 3.96. The molecule has 0 atom stereocenters. The average Bonchev–Trinajstić information content (AvgIpc) is 2.77. The fourth-order valence-electron chi connectivity index (χ4n) is 2.92. The zero-order valence-corrected chi connectivity index (χ0v) is 19.8. The molecule has 31 heavy (non-hydrogen) atoms. The number of methoxy groups -OCH3 is 3. The molecule has 0 aliphatic rings. The van der Waals surface area contributed by atoms with E-state index in [1.54, 1.807) is 33.1 Å². The van der Waals surface area contributed by atoms with Crippen molar-refractivity contribution in [1.29, 1.82) is 0 Å². The van der Waals surface area contributed by atoms with Crippen molar-refractivity contribution in [3.63, 3.8) is 0 Å². The van der Waals surface area contributed by atoms with Gasteiger partial charge in [0.1, 0.15) is 23.9 Å². The Morgan fingerprint density at radius 3 is 2.16 bits per heavy atom. The monoisotopic (exact) mass is 448 g/mol. The highest BCUT2D eigenvalue weighted by atomic mass is 32.2. The van der Waals surface area contributed by atoms with E-state index in [0.717, 1.165) is 11.1 Å². The van der Waals surface area contributed by atoms with Gasteiger partial charge in [0.05, 0.1) is 41.0 Å². The number of thioether (sulfide) groups is 1. The van der Waals surface area contributed by atoms with Crippen LogP contribution in [0.2, 0.25) is 0 Å². The SMILES string of the molecule is COc1cc(OC)c(CSC(C)(C)CC(=O)OCCOCc2ccccc2)c(OC)c1. The summed E-state index contributed by atoms with van der Waals surface area (Å²) in [6.07, 6.45) is 0.289. The van der Waals surface area contributed by atoms with E-state index in [0.29, 0.717) is 36.2 Å². The second-order valence-electron chi connectivity index (χ2n) is 7.49. The molecular formula is C24H32O6S. The summed E-state index contributed by atoms with van der Waals surface area (Å²) in [4.78, 5) is 12.3. The maximum absolute atomic E-state index is 12.3. The molecule has 0 unspecified atom stereocenters. The van der Waals surface area contributed by atoms with Gasteiger partial charge in [-0.2, -0.15) is 11.8 Å². The molecule has 0 heterocycles. The molecule has 0 spiro atoms. The van der Waals surface area contributed by atoms with Crippen molar-refractivity contribution in [3.05, 3.63) is 53.6 Å². The molecule has 0 amide bonds. The molecule has 0 saturated carbocycles. The first-order chi connectivity index (χ1) is 14.9. The van der Waals surface area contributed by atoms with Crippen LogP contribution in [0, 0.1) is 0 Å². The lowest BCUT2D eigenvalue weighted by Crippen LogP contribution is -2.23. The van der Waals surface area contributed by atoms with Gasteiger partial charge in [-0.1, -0.05) is 44.2 Å². The van der Waals surface area contributed by atoms with E-state index in [1.165, 1.54) is 0 Å². The first kappa shape index (κ1) is 24.9. The highest BCUT2D eigenvalue weighted by molar-refractivity contribution is 7.99. The minimum absolute atomic E-state index is 0.241. The maximum Gasteiger partial charge on any atom is 0.307 e. The van der Waals surface area contributed by atoms with Crippen LogP contribution >= 0.6 is 11.8 Å². The Balaban J connectivity index is 1.80. The molecule has 2 aromatic rings. The predicted octanol–water partition coefficient (Wildman–Crippen LogP) is 4.87. The average molecular weight is 449 g/mol. The summed E-state index contributed by atoms with van der Waals surface area (Å²) in [6, 6.07) is 13.6. The summed E-state index contributed by atoms with van der Waals surface area (Å²) in [7, 11) is 4.83. The Kier molecular flexibility index (Phi) is 10.0. The number of esters is 1. The molecule has 0 N–H and O–H groups in total. The molecule has 6 nitrogen and oxygen atoms in total. The van der Waals surface area contributed by atoms with Crippen molar-refractivity contribution >= 4 is 17.7 Å². The van der Waals surface area contributed by atoms with Gasteiger partial charge in [0.25, 0.3) is 0 Å². The Labute approximate surface area is 189 Å². The molecule has 0 saturated heterocycles. The van der Waals surface area contributed by atoms with Crippen LogP contribution in [-0.4, -0.2) is 45.3 Å². The summed E-state index contributed by atoms with van der Waals surface area (Å²) in [6.45, 7) is 5.16. The quantitative estimate of drug-likeness (QED) is 0.320. The molecule has 2 rings (SSSR count). The van der Waals surface area contributed by atoms with Crippen molar-refractivity contribution in [1.82, 2.24) is 0 Å². The second-order valence-corrected chi connectivity index (χ2v) is 9.18. The number of carbonyl (C=O) groups is 1. The van der Waals surface area contributed by atoms with E-state index in [9.17, 15) is 4.79 Å². The van der Waals surface area contributed by atoms with Gasteiger partial charge in [0.15, 0.2) is 0 Å². The minimum Gasteiger partial charge on any atom is -0.496 e. The van der Waals surface area contributed by atoms with Gasteiger partial charge in [0.2, 0.25) is 0 Å². The molecule has 0 bridgehead atoms. The first-order valence-electron chi connectivity index (χ1n) is 10.1. The molecule has 7 heteroatoms. The summed E-state index contributed by atoms with van der Waals surface area (Å²) in [5.41, 5.74) is 2.02. The summed E-state index contributed by atoms with van der Waals surface area (Å²) < 4.78 is 26.9. The van der Waals surface area contributed by atoms with Crippen molar-refractivity contribution in [2.75, 3.05) is 34.5 Å². The predicted molar refractivity (Wildman–Crippen MR) is 123 cm³/mol. The smallest absolute Gasteiger partial charge is 0.307 e. The molecule has 0 aliphatic carbocycles. The lowest BCUT2D eigenvalue weighted by Gasteiger charge is -2.24. The van der Waals surface area contributed by atoms with E-state index in [4.69, 9.17) is 23.7 Å². The van der Waals surface area contributed by atoms with Gasteiger partial charge < -0.3 is 23.7 Å². The largest absolute Gasteiger partial charge is 0.496 e. The molecule has 2 aromatic carbocycles. The molecule has 0 aliphatic heterocycles. The number of rotatable bonds is 13. The molecule has 0 fully saturated rings. The Hall–Kier alpha value is -2.38. The van der Waals surface area contributed by atoms with E-state index >= 15 is 0 Å². The number of benzene rings is 2. The third-order valence-electron chi connectivity index (χ3n) is 4.60. The van der Waals surface area contributed by atoms with Crippen LogP contribution in [0.5, 0.6) is 17.2 Å². The first-order valence-corrected chi connectivity index (χ1v) is 11.1. The minimum atomic E-state index is -0.321. The highest BCUT2D eigenvalue weighted by Gasteiger charge is 2.25. The lowest BCUT2D eigenvalue weighted by atomic mass is 10.1. The zero-order chi connectivity index (χ0) is 22.7. The Morgan fingerprint density at radius 2 is 1.58 bits per heavy atom. The maximum atomic E-state index is 12.3. The normalized spacial score (nSPS) is 11.1. The van der Waals surface area contributed by atoms with Gasteiger partial charge in [-0.05, 0) is 5.56 Å². The van der Waals surface area contributed by atoms with Crippen molar-refractivity contribution in [2.45, 2.75) is 37.4 Å². The van der Waals surface area contributed by atoms with E-state index in [-0.39, 0.29) is 23.7 Å². The molecular weight excluding hydrogens is 416 g/mol. The summed E-state index contributed by atoms with van der Waals surface area (Å²) in [5, 5.41) is 0. The number of ether oxygens (including phenoxy) is 5. The van der Waals surface area contributed by atoms with E-state index in [1.807, 2.05) is 56.3 Å². The number of hydrogen-bond donors (Lipinski definition) is 0.